The van der Waals surface area contributed by atoms with Crippen molar-refractivity contribution in [2.75, 3.05) is 30.4 Å². The second-order valence-electron chi connectivity index (χ2n) is 6.19. The molecule has 0 aromatic carbocycles. The third kappa shape index (κ3) is 3.33. The van der Waals surface area contributed by atoms with Crippen LogP contribution in [-0.2, 0) is 27.6 Å². The minimum Gasteiger partial charge on any atom is -0.315 e. The van der Waals surface area contributed by atoms with Crippen LogP contribution < -0.4 is 5.32 Å². The molecule has 8 heteroatoms. The highest BCUT2D eigenvalue weighted by Crippen LogP contribution is 2.20. The first-order chi connectivity index (χ1) is 10.4. The van der Waals surface area contributed by atoms with Crippen LogP contribution in [0.15, 0.2) is 6.20 Å². The summed E-state index contributed by atoms with van der Waals surface area (Å²) >= 11 is 0. The maximum atomic E-state index is 12.2. The number of sulfone groups is 1. The molecule has 3 rings (SSSR count). The summed E-state index contributed by atoms with van der Waals surface area (Å²) in [5.41, 5.74) is 0. The second-order valence-corrected chi connectivity index (χ2v) is 8.42. The Kier molecular flexibility index (Phi) is 4.22. The van der Waals surface area contributed by atoms with Crippen molar-refractivity contribution in [3.05, 3.63) is 12.0 Å². The van der Waals surface area contributed by atoms with Gasteiger partial charge in [-0.25, -0.2) is 13.4 Å². The van der Waals surface area contributed by atoms with Crippen molar-refractivity contribution in [1.29, 1.82) is 0 Å². The second kappa shape index (κ2) is 6.00. The number of rotatable bonds is 4. The Bertz CT molecular complexity index is 668. The fourth-order valence-corrected chi connectivity index (χ4v) is 4.98. The molecule has 1 saturated heterocycles. The maximum absolute atomic E-state index is 12.2. The zero-order valence-corrected chi connectivity index (χ0v) is 13.6. The summed E-state index contributed by atoms with van der Waals surface area (Å²) in [5.74, 6) is 2.02. The van der Waals surface area contributed by atoms with Gasteiger partial charge in [-0.1, -0.05) is 0 Å². The van der Waals surface area contributed by atoms with E-state index in [4.69, 9.17) is 0 Å². The van der Waals surface area contributed by atoms with Crippen LogP contribution >= 0.6 is 0 Å². The molecule has 122 valence electrons. The molecule has 0 bridgehead atoms. The van der Waals surface area contributed by atoms with Crippen molar-refractivity contribution in [1.82, 2.24) is 14.5 Å². The van der Waals surface area contributed by atoms with E-state index in [1.165, 1.54) is 0 Å². The molecule has 0 spiro atoms. The van der Waals surface area contributed by atoms with Gasteiger partial charge in [0.2, 0.25) is 5.91 Å². The molecule has 0 aliphatic carbocycles. The number of carbonyl (C=O) groups is 1. The van der Waals surface area contributed by atoms with E-state index in [-0.39, 0.29) is 30.0 Å². The normalized spacial score (nSPS) is 23.5. The zero-order chi connectivity index (χ0) is 15.7. The number of nitrogens with zero attached hydrogens (tertiary/aromatic N) is 3. The van der Waals surface area contributed by atoms with Gasteiger partial charge in [0.25, 0.3) is 0 Å². The molecule has 7 nitrogen and oxygen atoms in total. The maximum Gasteiger partial charge on any atom is 0.239 e. The lowest BCUT2D eigenvalue weighted by Gasteiger charge is -2.22. The third-order valence-corrected chi connectivity index (χ3v) is 6.21. The van der Waals surface area contributed by atoms with Gasteiger partial charge in [-0.2, -0.15) is 0 Å². The van der Waals surface area contributed by atoms with Crippen molar-refractivity contribution >= 4 is 21.6 Å². The SMILES string of the molecule is CN(CC(=O)Nc1cnc2n1CCCC2)C1CCS(=O)(=O)C1. The van der Waals surface area contributed by atoms with Gasteiger partial charge in [-0.15, -0.1) is 0 Å². The molecule has 1 atom stereocenters. The van der Waals surface area contributed by atoms with Crippen molar-refractivity contribution < 1.29 is 13.2 Å². The molecule has 1 aromatic rings. The molecule has 1 N–H and O–H groups in total. The number of fused-ring (bicyclic) bond motifs is 1. The Labute approximate surface area is 130 Å². The number of anilines is 1. The highest BCUT2D eigenvalue weighted by molar-refractivity contribution is 7.91. The number of imidazole rings is 1. The summed E-state index contributed by atoms with van der Waals surface area (Å²) in [6, 6.07) is -0.0601. The number of aryl methyl sites for hydroxylation is 1. The number of nitrogens with one attached hydrogen (secondary N) is 1. The van der Waals surface area contributed by atoms with Gasteiger partial charge >= 0.3 is 0 Å². The molecular weight excluding hydrogens is 304 g/mol. The lowest BCUT2D eigenvalue weighted by Crippen LogP contribution is -2.39. The average Bonchev–Trinajstić information content (AvgIpc) is 3.03. The molecule has 2 aliphatic rings. The monoisotopic (exact) mass is 326 g/mol. The highest BCUT2D eigenvalue weighted by atomic mass is 32.2. The molecule has 1 unspecified atom stereocenters. The summed E-state index contributed by atoms with van der Waals surface area (Å²) < 4.78 is 25.1. The van der Waals surface area contributed by atoms with Crippen LogP contribution in [0.2, 0.25) is 0 Å². The first-order valence-electron chi connectivity index (χ1n) is 7.69. The lowest BCUT2D eigenvalue weighted by molar-refractivity contribution is -0.117. The van der Waals surface area contributed by atoms with Gasteiger partial charge in [0.15, 0.2) is 9.84 Å². The summed E-state index contributed by atoms with van der Waals surface area (Å²) in [6.07, 6.45) is 5.51. The molecule has 0 saturated carbocycles. The summed E-state index contributed by atoms with van der Waals surface area (Å²) in [4.78, 5) is 18.3. The molecular formula is C14H22N4O3S. The minimum absolute atomic E-state index is 0.0601. The number of hydrogen-bond donors (Lipinski definition) is 1. The average molecular weight is 326 g/mol. The van der Waals surface area contributed by atoms with E-state index in [1.54, 1.807) is 13.2 Å². The Morgan fingerprint density at radius 1 is 1.50 bits per heavy atom. The van der Waals surface area contributed by atoms with Gasteiger partial charge in [-0.3, -0.25) is 9.69 Å². The summed E-state index contributed by atoms with van der Waals surface area (Å²) in [5, 5.41) is 2.90. The van der Waals surface area contributed by atoms with Crippen LogP contribution in [0, 0.1) is 0 Å². The van der Waals surface area contributed by atoms with Crippen molar-refractivity contribution in [3.63, 3.8) is 0 Å². The van der Waals surface area contributed by atoms with Crippen LogP contribution in [0.1, 0.15) is 25.1 Å². The fourth-order valence-electron chi connectivity index (χ4n) is 3.18. The van der Waals surface area contributed by atoms with Crippen molar-refractivity contribution in [2.24, 2.45) is 0 Å². The summed E-state index contributed by atoms with van der Waals surface area (Å²) in [7, 11) is -1.12. The molecule has 0 radical (unpaired) electrons. The predicted octanol–water partition coefficient (Wildman–Crippen LogP) is 0.277. The first-order valence-corrected chi connectivity index (χ1v) is 9.52. The van der Waals surface area contributed by atoms with Gasteiger partial charge in [0, 0.05) is 19.0 Å². The van der Waals surface area contributed by atoms with Gasteiger partial charge < -0.3 is 9.88 Å². The van der Waals surface area contributed by atoms with E-state index in [0.29, 0.717) is 6.42 Å². The summed E-state index contributed by atoms with van der Waals surface area (Å²) in [6.45, 7) is 1.09. The predicted molar refractivity (Wildman–Crippen MR) is 83.5 cm³/mol. The fraction of sp³-hybridized carbons (Fsp3) is 0.714. The molecule has 22 heavy (non-hydrogen) atoms. The number of amides is 1. The van der Waals surface area contributed by atoms with E-state index in [9.17, 15) is 13.2 Å². The standard InChI is InChI=1S/C14H22N4O3S/c1-17(11-5-7-22(20,21)10-11)9-14(19)16-13-8-15-12-4-2-3-6-18(12)13/h8,11H,2-7,9-10H2,1H3,(H,16,19). The van der Waals surface area contributed by atoms with Crippen molar-refractivity contribution in [3.8, 4) is 0 Å². The van der Waals surface area contributed by atoms with Crippen molar-refractivity contribution in [2.45, 2.75) is 38.3 Å². The highest BCUT2D eigenvalue weighted by Gasteiger charge is 2.31. The molecule has 3 heterocycles. The van der Waals surface area contributed by atoms with Crippen LogP contribution in [0.25, 0.3) is 0 Å². The van der Waals surface area contributed by atoms with E-state index in [2.05, 4.69) is 14.9 Å². The quantitative estimate of drug-likeness (QED) is 0.859. The largest absolute Gasteiger partial charge is 0.315 e. The Balaban J connectivity index is 1.57. The van der Waals surface area contributed by atoms with Crippen LogP contribution in [-0.4, -0.2) is 59.9 Å². The topological polar surface area (TPSA) is 84.3 Å². The zero-order valence-electron chi connectivity index (χ0n) is 12.8. The molecule has 1 aromatic heterocycles. The smallest absolute Gasteiger partial charge is 0.239 e. The Morgan fingerprint density at radius 2 is 2.32 bits per heavy atom. The lowest BCUT2D eigenvalue weighted by atomic mass is 10.2. The Morgan fingerprint density at radius 3 is 3.05 bits per heavy atom. The van der Waals surface area contributed by atoms with E-state index < -0.39 is 9.84 Å². The molecule has 1 fully saturated rings. The van der Waals surface area contributed by atoms with Crippen LogP contribution in [0.4, 0.5) is 5.82 Å². The van der Waals surface area contributed by atoms with E-state index in [0.717, 1.165) is 37.4 Å². The van der Waals surface area contributed by atoms with Gasteiger partial charge in [0.05, 0.1) is 24.2 Å². The third-order valence-electron chi connectivity index (χ3n) is 4.46. The molecule has 2 aliphatic heterocycles. The van der Waals surface area contributed by atoms with Crippen LogP contribution in [0.5, 0.6) is 0 Å². The van der Waals surface area contributed by atoms with Gasteiger partial charge in [-0.05, 0) is 26.3 Å². The van der Waals surface area contributed by atoms with Gasteiger partial charge in [0.1, 0.15) is 11.6 Å². The molecule has 1 amide bonds. The van der Waals surface area contributed by atoms with Crippen LogP contribution in [0.3, 0.4) is 0 Å². The number of carbonyl (C=O) groups excluding carboxylic acids is 1. The van der Waals surface area contributed by atoms with E-state index in [1.807, 2.05) is 4.90 Å². The first kappa shape index (κ1) is 15.5. The minimum atomic E-state index is -2.93. The number of aromatic nitrogens is 2. The van der Waals surface area contributed by atoms with E-state index >= 15 is 0 Å². The Hall–Kier alpha value is -1.41. The number of hydrogen-bond acceptors (Lipinski definition) is 5. The number of likely N-dealkylation sites (N-methyl/N-ethyl adjacent to an activating group) is 1.